The molecule has 0 spiro atoms. The van der Waals surface area contributed by atoms with Crippen LogP contribution in [-0.4, -0.2) is 46.7 Å². The molecule has 1 saturated heterocycles. The number of nitrogens with one attached hydrogen (secondary N) is 2. The standard InChI is InChI=1S/C28H33N3O3/c1-20-7-12-26(23(17-20)19-32)29-25-13-15-31(16-14-25)18-27(33)30-24-10-8-22(9-11-24)28(34)21-5-3-2-4-6-21/h2-12,17,25,28-29,32,34H,13-16,18-19H2,1H3,(H,30,33). The lowest BCUT2D eigenvalue weighted by atomic mass is 10.0. The Morgan fingerprint density at radius 2 is 1.68 bits per heavy atom. The van der Waals surface area contributed by atoms with Crippen LogP contribution in [0.3, 0.4) is 0 Å². The van der Waals surface area contributed by atoms with Crippen molar-refractivity contribution in [3.05, 3.63) is 95.1 Å². The van der Waals surface area contributed by atoms with Gasteiger partial charge in [0.15, 0.2) is 0 Å². The second-order valence-electron chi connectivity index (χ2n) is 9.00. The van der Waals surface area contributed by atoms with Gasteiger partial charge < -0.3 is 20.8 Å². The van der Waals surface area contributed by atoms with E-state index >= 15 is 0 Å². The molecule has 3 aromatic carbocycles. The van der Waals surface area contributed by atoms with Crippen molar-refractivity contribution in [2.45, 2.75) is 38.5 Å². The fourth-order valence-corrected chi connectivity index (χ4v) is 4.43. The number of piperidine rings is 1. The number of nitrogens with zero attached hydrogens (tertiary/aromatic N) is 1. The second-order valence-corrected chi connectivity index (χ2v) is 9.00. The van der Waals surface area contributed by atoms with Crippen LogP contribution >= 0.6 is 0 Å². The Kier molecular flexibility index (Phi) is 7.95. The molecule has 0 bridgehead atoms. The molecule has 1 atom stereocenters. The fourth-order valence-electron chi connectivity index (χ4n) is 4.43. The quantitative estimate of drug-likeness (QED) is 0.408. The van der Waals surface area contributed by atoms with E-state index in [0.717, 1.165) is 59.6 Å². The molecule has 1 amide bonds. The minimum absolute atomic E-state index is 0.0230. The number of aliphatic hydroxyl groups excluding tert-OH is 2. The molecule has 1 unspecified atom stereocenters. The van der Waals surface area contributed by atoms with E-state index in [2.05, 4.69) is 21.6 Å². The van der Waals surface area contributed by atoms with Gasteiger partial charge in [-0.15, -0.1) is 0 Å². The second kappa shape index (κ2) is 11.3. The number of benzene rings is 3. The first kappa shape index (κ1) is 24.0. The molecule has 1 aliphatic rings. The van der Waals surface area contributed by atoms with E-state index in [4.69, 9.17) is 0 Å². The van der Waals surface area contributed by atoms with E-state index in [-0.39, 0.29) is 12.5 Å². The lowest BCUT2D eigenvalue weighted by molar-refractivity contribution is -0.117. The van der Waals surface area contributed by atoms with Crippen molar-refractivity contribution in [2.24, 2.45) is 0 Å². The maximum atomic E-state index is 12.6. The monoisotopic (exact) mass is 459 g/mol. The third-order valence-electron chi connectivity index (χ3n) is 6.37. The molecule has 6 heteroatoms. The van der Waals surface area contributed by atoms with Gasteiger partial charge in [-0.25, -0.2) is 0 Å². The van der Waals surface area contributed by atoms with E-state index in [1.165, 1.54) is 0 Å². The van der Waals surface area contributed by atoms with Crippen LogP contribution in [0, 0.1) is 6.92 Å². The van der Waals surface area contributed by atoms with E-state index in [1.807, 2.05) is 73.7 Å². The number of aryl methyl sites for hydroxylation is 1. The zero-order chi connectivity index (χ0) is 23.9. The van der Waals surface area contributed by atoms with Crippen molar-refractivity contribution < 1.29 is 15.0 Å². The zero-order valence-corrected chi connectivity index (χ0v) is 19.6. The number of rotatable bonds is 8. The summed E-state index contributed by atoms with van der Waals surface area (Å²) in [5, 5.41) is 26.7. The number of carbonyl (C=O) groups is 1. The maximum absolute atomic E-state index is 12.6. The Labute approximate surface area is 201 Å². The molecule has 0 aliphatic carbocycles. The summed E-state index contributed by atoms with van der Waals surface area (Å²) in [6.07, 6.45) is 1.20. The summed E-state index contributed by atoms with van der Waals surface area (Å²) in [4.78, 5) is 14.7. The normalized spacial score (nSPS) is 15.6. The van der Waals surface area contributed by atoms with Crippen LogP contribution in [-0.2, 0) is 11.4 Å². The third-order valence-corrected chi connectivity index (χ3v) is 6.37. The van der Waals surface area contributed by atoms with Crippen LogP contribution < -0.4 is 10.6 Å². The van der Waals surface area contributed by atoms with E-state index in [0.29, 0.717) is 12.6 Å². The molecule has 1 heterocycles. The molecule has 1 aliphatic heterocycles. The highest BCUT2D eigenvalue weighted by molar-refractivity contribution is 5.92. The minimum atomic E-state index is -0.686. The third kappa shape index (κ3) is 6.23. The zero-order valence-electron chi connectivity index (χ0n) is 19.6. The largest absolute Gasteiger partial charge is 0.392 e. The molecule has 4 N–H and O–H groups in total. The van der Waals surface area contributed by atoms with Crippen molar-refractivity contribution in [3.63, 3.8) is 0 Å². The molecular weight excluding hydrogens is 426 g/mol. The van der Waals surface area contributed by atoms with Gasteiger partial charge in [0.25, 0.3) is 0 Å². The molecule has 0 saturated carbocycles. The molecule has 3 aromatic rings. The highest BCUT2D eigenvalue weighted by atomic mass is 16.3. The number of hydrogen-bond donors (Lipinski definition) is 4. The smallest absolute Gasteiger partial charge is 0.238 e. The van der Waals surface area contributed by atoms with Crippen molar-refractivity contribution in [3.8, 4) is 0 Å². The van der Waals surface area contributed by atoms with Crippen molar-refractivity contribution in [1.29, 1.82) is 0 Å². The van der Waals surface area contributed by atoms with Gasteiger partial charge in [-0.3, -0.25) is 9.69 Å². The van der Waals surface area contributed by atoms with Crippen LogP contribution in [0.25, 0.3) is 0 Å². The molecule has 1 fully saturated rings. The Morgan fingerprint density at radius 1 is 1.00 bits per heavy atom. The first-order valence-corrected chi connectivity index (χ1v) is 11.8. The molecule has 6 nitrogen and oxygen atoms in total. The van der Waals surface area contributed by atoms with Crippen LogP contribution in [0.5, 0.6) is 0 Å². The summed E-state index contributed by atoms with van der Waals surface area (Å²) in [5.41, 5.74) is 5.40. The lowest BCUT2D eigenvalue weighted by Crippen LogP contribution is -2.42. The SMILES string of the molecule is Cc1ccc(NC2CCN(CC(=O)Nc3ccc(C(O)c4ccccc4)cc3)CC2)c(CO)c1. The van der Waals surface area contributed by atoms with Crippen molar-refractivity contribution in [2.75, 3.05) is 30.3 Å². The lowest BCUT2D eigenvalue weighted by Gasteiger charge is -2.32. The number of anilines is 2. The Balaban J connectivity index is 1.24. The molecule has 4 rings (SSSR count). The molecule has 178 valence electrons. The summed E-state index contributed by atoms with van der Waals surface area (Å²) in [5.74, 6) is -0.0381. The van der Waals surface area contributed by atoms with Crippen LogP contribution in [0.1, 0.15) is 41.2 Å². The van der Waals surface area contributed by atoms with Gasteiger partial charge in [0.1, 0.15) is 6.10 Å². The summed E-state index contributed by atoms with van der Waals surface area (Å²) in [6.45, 7) is 4.08. The summed E-state index contributed by atoms with van der Waals surface area (Å²) in [7, 11) is 0. The molecule has 0 radical (unpaired) electrons. The fraction of sp³-hybridized carbons (Fsp3) is 0.321. The Morgan fingerprint density at radius 3 is 2.35 bits per heavy atom. The molecular formula is C28H33N3O3. The predicted molar refractivity (Wildman–Crippen MR) is 136 cm³/mol. The number of aliphatic hydroxyl groups is 2. The van der Waals surface area contributed by atoms with E-state index in [1.54, 1.807) is 0 Å². The van der Waals surface area contributed by atoms with Gasteiger partial charge in [-0.2, -0.15) is 0 Å². The van der Waals surface area contributed by atoms with Gasteiger partial charge in [0, 0.05) is 36.1 Å². The highest BCUT2D eigenvalue weighted by Crippen LogP contribution is 2.24. The van der Waals surface area contributed by atoms with E-state index < -0.39 is 6.10 Å². The number of carbonyl (C=O) groups excluding carboxylic acids is 1. The van der Waals surface area contributed by atoms with Gasteiger partial charge in [0.05, 0.1) is 13.2 Å². The minimum Gasteiger partial charge on any atom is -0.392 e. The average Bonchev–Trinajstić information content (AvgIpc) is 2.86. The van der Waals surface area contributed by atoms with Crippen LogP contribution in [0.2, 0.25) is 0 Å². The number of likely N-dealkylation sites (tertiary alicyclic amines) is 1. The van der Waals surface area contributed by atoms with E-state index in [9.17, 15) is 15.0 Å². The van der Waals surface area contributed by atoms with Crippen molar-refractivity contribution >= 4 is 17.3 Å². The first-order valence-electron chi connectivity index (χ1n) is 11.8. The summed E-state index contributed by atoms with van der Waals surface area (Å²) < 4.78 is 0. The summed E-state index contributed by atoms with van der Waals surface area (Å²) >= 11 is 0. The van der Waals surface area contributed by atoms with Crippen LogP contribution in [0.15, 0.2) is 72.8 Å². The topological polar surface area (TPSA) is 84.8 Å². The number of hydrogen-bond acceptors (Lipinski definition) is 5. The Hall–Kier alpha value is -3.19. The average molecular weight is 460 g/mol. The van der Waals surface area contributed by atoms with Crippen LogP contribution in [0.4, 0.5) is 11.4 Å². The van der Waals surface area contributed by atoms with Gasteiger partial charge >= 0.3 is 0 Å². The summed E-state index contributed by atoms with van der Waals surface area (Å²) in [6, 6.07) is 23.3. The Bertz CT molecular complexity index is 1080. The first-order chi connectivity index (χ1) is 16.5. The predicted octanol–water partition coefficient (Wildman–Crippen LogP) is 4.08. The van der Waals surface area contributed by atoms with Gasteiger partial charge in [-0.05, 0) is 49.1 Å². The van der Waals surface area contributed by atoms with Crippen molar-refractivity contribution in [1.82, 2.24) is 4.90 Å². The number of amides is 1. The maximum Gasteiger partial charge on any atom is 0.238 e. The molecule has 0 aromatic heterocycles. The highest BCUT2D eigenvalue weighted by Gasteiger charge is 2.21. The van der Waals surface area contributed by atoms with Gasteiger partial charge in [-0.1, -0.05) is 60.2 Å². The van der Waals surface area contributed by atoms with Gasteiger partial charge in [0.2, 0.25) is 5.91 Å². The molecule has 34 heavy (non-hydrogen) atoms.